The standard InChI is InChI=1S/C14H18F3NO2/c1-10-3-2-4-11(7-18-12-5-6-12)13(10)20-9-19-8-14(15,16)17/h2-4,12,18H,5-9H2,1H3. The zero-order valence-corrected chi connectivity index (χ0v) is 11.3. The average molecular weight is 289 g/mol. The number of nitrogens with one attached hydrogen (secondary N) is 1. The number of benzene rings is 1. The van der Waals surface area contributed by atoms with E-state index in [-0.39, 0.29) is 0 Å². The fourth-order valence-corrected chi connectivity index (χ4v) is 1.86. The molecule has 0 aromatic heterocycles. The van der Waals surface area contributed by atoms with E-state index in [0.717, 1.165) is 11.1 Å². The van der Waals surface area contributed by atoms with E-state index in [0.29, 0.717) is 18.3 Å². The third kappa shape index (κ3) is 5.02. The molecule has 0 heterocycles. The Labute approximate surface area is 116 Å². The summed E-state index contributed by atoms with van der Waals surface area (Å²) in [5.74, 6) is 0.600. The Kier molecular flexibility index (Phi) is 4.88. The first-order valence-electron chi connectivity index (χ1n) is 6.55. The van der Waals surface area contributed by atoms with Gasteiger partial charge in [0.1, 0.15) is 12.4 Å². The maximum absolute atomic E-state index is 12.0. The molecule has 1 aromatic carbocycles. The van der Waals surface area contributed by atoms with Gasteiger partial charge >= 0.3 is 6.18 Å². The van der Waals surface area contributed by atoms with Crippen molar-refractivity contribution in [1.29, 1.82) is 0 Å². The summed E-state index contributed by atoms with van der Waals surface area (Å²) >= 11 is 0. The second-order valence-electron chi connectivity index (χ2n) is 4.94. The summed E-state index contributed by atoms with van der Waals surface area (Å²) in [6, 6.07) is 6.23. The van der Waals surface area contributed by atoms with Crippen molar-refractivity contribution in [2.75, 3.05) is 13.4 Å². The Hall–Kier alpha value is -1.27. The molecule has 1 fully saturated rings. The lowest BCUT2D eigenvalue weighted by atomic mass is 10.1. The van der Waals surface area contributed by atoms with Crippen molar-refractivity contribution in [2.24, 2.45) is 0 Å². The highest BCUT2D eigenvalue weighted by molar-refractivity contribution is 5.40. The molecule has 0 aliphatic heterocycles. The summed E-state index contributed by atoms with van der Waals surface area (Å²) in [6.45, 7) is 0.815. The maximum atomic E-state index is 12.0. The molecular weight excluding hydrogens is 271 g/mol. The van der Waals surface area contributed by atoms with Gasteiger partial charge in [-0.3, -0.25) is 0 Å². The first-order chi connectivity index (χ1) is 9.46. The van der Waals surface area contributed by atoms with Gasteiger partial charge in [-0.05, 0) is 25.3 Å². The highest BCUT2D eigenvalue weighted by atomic mass is 19.4. The molecule has 1 aromatic rings. The van der Waals surface area contributed by atoms with E-state index in [1.807, 2.05) is 25.1 Å². The minimum atomic E-state index is -4.33. The van der Waals surface area contributed by atoms with Gasteiger partial charge in [0.2, 0.25) is 0 Å². The van der Waals surface area contributed by atoms with Crippen LogP contribution in [-0.2, 0) is 11.3 Å². The van der Waals surface area contributed by atoms with Gasteiger partial charge in [0.15, 0.2) is 6.79 Å². The second-order valence-corrected chi connectivity index (χ2v) is 4.94. The topological polar surface area (TPSA) is 30.5 Å². The Morgan fingerprint density at radius 3 is 2.70 bits per heavy atom. The van der Waals surface area contributed by atoms with Crippen molar-refractivity contribution >= 4 is 0 Å². The zero-order valence-electron chi connectivity index (χ0n) is 11.3. The Balaban J connectivity index is 1.87. The Morgan fingerprint density at radius 2 is 2.05 bits per heavy atom. The van der Waals surface area contributed by atoms with Crippen molar-refractivity contribution in [3.63, 3.8) is 0 Å². The Morgan fingerprint density at radius 1 is 1.30 bits per heavy atom. The lowest BCUT2D eigenvalue weighted by Crippen LogP contribution is -2.20. The number of aryl methyl sites for hydroxylation is 1. The summed E-state index contributed by atoms with van der Waals surface area (Å²) < 4.78 is 45.7. The smallest absolute Gasteiger partial charge is 0.411 e. The van der Waals surface area contributed by atoms with Gasteiger partial charge in [0.05, 0.1) is 0 Å². The van der Waals surface area contributed by atoms with Crippen LogP contribution in [0.5, 0.6) is 5.75 Å². The van der Waals surface area contributed by atoms with Crippen molar-refractivity contribution < 1.29 is 22.6 Å². The fourth-order valence-electron chi connectivity index (χ4n) is 1.86. The number of hydrogen-bond acceptors (Lipinski definition) is 3. The molecule has 1 aliphatic carbocycles. The molecule has 0 unspecified atom stereocenters. The number of para-hydroxylation sites is 1. The molecule has 0 bridgehead atoms. The molecule has 2 rings (SSSR count). The first-order valence-corrected chi connectivity index (χ1v) is 6.55. The molecule has 1 aliphatic rings. The van der Waals surface area contributed by atoms with Gasteiger partial charge in [0, 0.05) is 18.2 Å². The lowest BCUT2D eigenvalue weighted by molar-refractivity contribution is -0.186. The van der Waals surface area contributed by atoms with Crippen LogP contribution in [-0.4, -0.2) is 25.6 Å². The van der Waals surface area contributed by atoms with Crippen LogP contribution >= 0.6 is 0 Å². The van der Waals surface area contributed by atoms with Crippen molar-refractivity contribution in [3.8, 4) is 5.75 Å². The number of alkyl halides is 3. The highest BCUT2D eigenvalue weighted by Crippen LogP contribution is 2.26. The second kappa shape index (κ2) is 6.45. The Bertz CT molecular complexity index is 445. The van der Waals surface area contributed by atoms with Crippen LogP contribution in [0.15, 0.2) is 18.2 Å². The maximum Gasteiger partial charge on any atom is 0.411 e. The van der Waals surface area contributed by atoms with Crippen molar-refractivity contribution in [1.82, 2.24) is 5.32 Å². The van der Waals surface area contributed by atoms with Crippen LogP contribution in [0, 0.1) is 6.92 Å². The van der Waals surface area contributed by atoms with Gasteiger partial charge in [-0.1, -0.05) is 18.2 Å². The van der Waals surface area contributed by atoms with E-state index < -0.39 is 19.6 Å². The zero-order chi connectivity index (χ0) is 14.6. The number of rotatable bonds is 7. The number of halogens is 3. The molecule has 1 saturated carbocycles. The number of hydrogen-bond donors (Lipinski definition) is 1. The van der Waals surface area contributed by atoms with E-state index in [2.05, 4.69) is 10.1 Å². The van der Waals surface area contributed by atoms with E-state index in [9.17, 15) is 13.2 Å². The molecule has 112 valence electrons. The molecule has 20 heavy (non-hydrogen) atoms. The average Bonchev–Trinajstić information content (AvgIpc) is 3.17. The van der Waals surface area contributed by atoms with Gasteiger partial charge in [-0.15, -0.1) is 0 Å². The largest absolute Gasteiger partial charge is 0.467 e. The van der Waals surface area contributed by atoms with Crippen molar-refractivity contribution in [3.05, 3.63) is 29.3 Å². The molecule has 0 spiro atoms. The van der Waals surface area contributed by atoms with E-state index in [1.165, 1.54) is 12.8 Å². The molecule has 0 radical (unpaired) electrons. The summed E-state index contributed by atoms with van der Waals surface area (Å²) in [4.78, 5) is 0. The van der Waals surface area contributed by atoms with E-state index in [1.54, 1.807) is 0 Å². The molecular formula is C14H18F3NO2. The first kappa shape index (κ1) is 15.1. The minimum Gasteiger partial charge on any atom is -0.467 e. The third-order valence-corrected chi connectivity index (χ3v) is 3.00. The number of ether oxygens (including phenoxy) is 2. The quantitative estimate of drug-likeness (QED) is 0.618. The van der Waals surface area contributed by atoms with Crippen LogP contribution in [0.4, 0.5) is 13.2 Å². The molecule has 3 nitrogen and oxygen atoms in total. The van der Waals surface area contributed by atoms with E-state index >= 15 is 0 Å². The molecule has 0 amide bonds. The summed E-state index contributed by atoms with van der Waals surface area (Å²) in [6.07, 6.45) is -1.97. The highest BCUT2D eigenvalue weighted by Gasteiger charge is 2.27. The van der Waals surface area contributed by atoms with Gasteiger partial charge in [-0.2, -0.15) is 13.2 Å². The molecule has 6 heteroatoms. The third-order valence-electron chi connectivity index (χ3n) is 3.00. The van der Waals surface area contributed by atoms with Crippen molar-refractivity contribution in [2.45, 2.75) is 38.5 Å². The SMILES string of the molecule is Cc1cccc(CNC2CC2)c1OCOCC(F)(F)F. The van der Waals surface area contributed by atoms with Gasteiger partial charge < -0.3 is 14.8 Å². The van der Waals surface area contributed by atoms with Crippen LogP contribution < -0.4 is 10.1 Å². The van der Waals surface area contributed by atoms with Crippen LogP contribution in [0.25, 0.3) is 0 Å². The van der Waals surface area contributed by atoms with Crippen LogP contribution in [0.1, 0.15) is 24.0 Å². The minimum absolute atomic E-state index is 0.402. The van der Waals surface area contributed by atoms with Gasteiger partial charge in [0.25, 0.3) is 0 Å². The summed E-state index contributed by atoms with van der Waals surface area (Å²) in [5.41, 5.74) is 1.82. The molecule has 1 N–H and O–H groups in total. The van der Waals surface area contributed by atoms with Gasteiger partial charge in [-0.25, -0.2) is 0 Å². The van der Waals surface area contributed by atoms with Crippen LogP contribution in [0.3, 0.4) is 0 Å². The predicted molar refractivity (Wildman–Crippen MR) is 68.5 cm³/mol. The molecule has 0 saturated heterocycles. The predicted octanol–water partition coefficient (Wildman–Crippen LogP) is 3.16. The summed E-state index contributed by atoms with van der Waals surface area (Å²) in [7, 11) is 0. The van der Waals surface area contributed by atoms with Crippen LogP contribution in [0.2, 0.25) is 0 Å². The fraction of sp³-hybridized carbons (Fsp3) is 0.571. The van der Waals surface area contributed by atoms with E-state index in [4.69, 9.17) is 4.74 Å². The monoisotopic (exact) mass is 289 g/mol. The summed E-state index contributed by atoms with van der Waals surface area (Å²) in [5, 5.41) is 3.35. The normalized spacial score (nSPS) is 15.4. The lowest BCUT2D eigenvalue weighted by Gasteiger charge is -2.15. The molecule has 0 atom stereocenters.